The van der Waals surface area contributed by atoms with Crippen LogP contribution < -0.4 is 0 Å². The van der Waals surface area contributed by atoms with Crippen LogP contribution in [0.5, 0.6) is 0 Å². The number of nitrogens with zero attached hydrogens (tertiary/aromatic N) is 2. The lowest BCUT2D eigenvalue weighted by Gasteiger charge is -2.27. The molecule has 6 heteroatoms. The topological polar surface area (TPSA) is 58.2 Å². The Balaban J connectivity index is 1.72. The zero-order valence-electron chi connectivity index (χ0n) is 14.4. The van der Waals surface area contributed by atoms with Gasteiger partial charge in [-0.2, -0.15) is 0 Å². The van der Waals surface area contributed by atoms with Gasteiger partial charge in [0.1, 0.15) is 11.4 Å². The average molecular weight is 394 g/mol. The summed E-state index contributed by atoms with van der Waals surface area (Å²) in [4.78, 5) is 22.2. The van der Waals surface area contributed by atoms with Gasteiger partial charge in [0.2, 0.25) is 0 Å². The van der Waals surface area contributed by atoms with Crippen LogP contribution >= 0.6 is 15.9 Å². The van der Waals surface area contributed by atoms with Crippen molar-refractivity contribution in [1.82, 2.24) is 14.9 Å². The number of hydrogen-bond acceptors (Lipinski definition) is 3. The van der Waals surface area contributed by atoms with E-state index in [1.165, 1.54) is 0 Å². The number of carbonyl (C=O) groups is 1. The van der Waals surface area contributed by atoms with Gasteiger partial charge in [-0.1, -0.05) is 34.2 Å². The van der Waals surface area contributed by atoms with E-state index in [0.29, 0.717) is 12.5 Å². The van der Waals surface area contributed by atoms with Crippen molar-refractivity contribution < 1.29 is 9.53 Å². The standard InChI is InChI=1S/C18H24BrN3O2/c1-18(2,3)24-17(23)22-10-4-5-15(22)16-20-11-14(21-16)12-6-8-13(19)9-7-12/h6,8-9,11-12,15H,4-5,7,10H2,1-3H3,(H,20,21)/t12?,15-/m0/s1. The molecule has 1 fully saturated rings. The van der Waals surface area contributed by atoms with Crippen LogP contribution in [-0.2, 0) is 4.74 Å². The summed E-state index contributed by atoms with van der Waals surface area (Å²) in [7, 11) is 0. The number of imidazole rings is 1. The highest BCUT2D eigenvalue weighted by Gasteiger charge is 2.35. The van der Waals surface area contributed by atoms with E-state index in [4.69, 9.17) is 4.74 Å². The molecule has 24 heavy (non-hydrogen) atoms. The number of aromatic amines is 1. The van der Waals surface area contributed by atoms with Gasteiger partial charge in [-0.25, -0.2) is 9.78 Å². The third-order valence-electron chi connectivity index (χ3n) is 4.27. The largest absolute Gasteiger partial charge is 0.444 e. The number of H-pyrrole nitrogens is 1. The summed E-state index contributed by atoms with van der Waals surface area (Å²) in [5.74, 6) is 1.17. The van der Waals surface area contributed by atoms with Crippen molar-refractivity contribution >= 4 is 22.0 Å². The highest BCUT2D eigenvalue weighted by atomic mass is 79.9. The second kappa shape index (κ2) is 6.75. The molecule has 130 valence electrons. The molecule has 1 unspecified atom stereocenters. The highest BCUT2D eigenvalue weighted by Crippen LogP contribution is 2.33. The minimum absolute atomic E-state index is 0.0246. The summed E-state index contributed by atoms with van der Waals surface area (Å²) >= 11 is 3.49. The first-order valence-electron chi connectivity index (χ1n) is 8.42. The third kappa shape index (κ3) is 3.91. The fourth-order valence-corrected chi connectivity index (χ4v) is 3.46. The Morgan fingerprint density at radius 1 is 1.46 bits per heavy atom. The van der Waals surface area contributed by atoms with Crippen LogP contribution in [0.1, 0.15) is 63.5 Å². The zero-order chi connectivity index (χ0) is 17.3. The normalized spacial score (nSPS) is 24.2. The van der Waals surface area contributed by atoms with E-state index in [1.807, 2.05) is 27.0 Å². The predicted molar refractivity (Wildman–Crippen MR) is 97.0 cm³/mol. The van der Waals surface area contributed by atoms with Crippen LogP contribution in [0.3, 0.4) is 0 Å². The van der Waals surface area contributed by atoms with Crippen molar-refractivity contribution in [2.45, 2.75) is 57.6 Å². The van der Waals surface area contributed by atoms with Gasteiger partial charge in [-0.05, 0) is 40.0 Å². The zero-order valence-corrected chi connectivity index (χ0v) is 16.0. The minimum Gasteiger partial charge on any atom is -0.444 e. The molecular weight excluding hydrogens is 370 g/mol. The maximum atomic E-state index is 12.4. The number of aromatic nitrogens is 2. The van der Waals surface area contributed by atoms with Crippen LogP contribution in [0.25, 0.3) is 0 Å². The maximum Gasteiger partial charge on any atom is 0.410 e. The Hall–Kier alpha value is -1.56. The molecule has 0 radical (unpaired) electrons. The molecule has 1 aromatic rings. The number of amides is 1. The molecule has 2 atom stereocenters. The Morgan fingerprint density at radius 3 is 2.92 bits per heavy atom. The van der Waals surface area contributed by atoms with Gasteiger partial charge < -0.3 is 9.72 Å². The van der Waals surface area contributed by atoms with Gasteiger partial charge in [0.05, 0.1) is 6.04 Å². The van der Waals surface area contributed by atoms with Crippen LogP contribution in [0.4, 0.5) is 4.79 Å². The number of halogens is 1. The number of rotatable bonds is 2. The second-order valence-corrected chi connectivity index (χ2v) is 8.26. The molecule has 0 bridgehead atoms. The summed E-state index contributed by atoms with van der Waals surface area (Å²) in [6.45, 7) is 6.39. The number of nitrogens with one attached hydrogen (secondary N) is 1. The lowest BCUT2D eigenvalue weighted by atomic mass is 9.98. The van der Waals surface area contributed by atoms with E-state index >= 15 is 0 Å². The molecule has 1 amide bonds. The summed E-state index contributed by atoms with van der Waals surface area (Å²) in [6.07, 6.45) is 10.9. The highest BCUT2D eigenvalue weighted by molar-refractivity contribution is 9.11. The van der Waals surface area contributed by atoms with Gasteiger partial charge in [0.15, 0.2) is 0 Å². The number of allylic oxidation sites excluding steroid dienone is 4. The SMILES string of the molecule is CC(C)(C)OC(=O)N1CCC[C@H]1c1ncc(C2C=CC(Br)=CC2)[nH]1. The van der Waals surface area contributed by atoms with Gasteiger partial charge in [0.25, 0.3) is 0 Å². The lowest BCUT2D eigenvalue weighted by molar-refractivity contribution is 0.0218. The van der Waals surface area contributed by atoms with E-state index < -0.39 is 5.60 Å². The molecule has 0 aromatic carbocycles. The van der Waals surface area contributed by atoms with Crippen LogP contribution in [0.2, 0.25) is 0 Å². The Labute approximate surface area is 151 Å². The molecule has 0 spiro atoms. The van der Waals surface area contributed by atoms with E-state index in [-0.39, 0.29) is 12.1 Å². The van der Waals surface area contributed by atoms with Crippen molar-refractivity contribution in [3.8, 4) is 0 Å². The molecular formula is C18H24BrN3O2. The third-order valence-corrected chi connectivity index (χ3v) is 4.85. The monoisotopic (exact) mass is 393 g/mol. The molecule has 3 rings (SSSR count). The molecule has 1 aliphatic heterocycles. The Bertz CT molecular complexity index is 672. The van der Waals surface area contributed by atoms with E-state index in [2.05, 4.69) is 44.1 Å². The van der Waals surface area contributed by atoms with Crippen molar-refractivity contribution in [1.29, 1.82) is 0 Å². The fraction of sp³-hybridized carbons (Fsp3) is 0.556. The molecule has 1 saturated heterocycles. The van der Waals surface area contributed by atoms with Crippen molar-refractivity contribution in [3.05, 3.63) is 40.4 Å². The van der Waals surface area contributed by atoms with Gasteiger partial charge in [-0.15, -0.1) is 0 Å². The van der Waals surface area contributed by atoms with E-state index in [0.717, 1.165) is 35.3 Å². The number of carbonyl (C=O) groups excluding carboxylic acids is 1. The fourth-order valence-electron chi connectivity index (χ4n) is 3.12. The van der Waals surface area contributed by atoms with Crippen LogP contribution in [0.15, 0.2) is 28.9 Å². The first kappa shape index (κ1) is 17.3. The van der Waals surface area contributed by atoms with E-state index in [1.54, 1.807) is 4.90 Å². The second-order valence-electron chi connectivity index (χ2n) is 7.35. The summed E-state index contributed by atoms with van der Waals surface area (Å²) in [6, 6.07) is -0.0246. The minimum atomic E-state index is -0.481. The van der Waals surface area contributed by atoms with Gasteiger partial charge in [0, 0.05) is 28.8 Å². The predicted octanol–water partition coefficient (Wildman–Crippen LogP) is 4.80. The molecule has 1 N–H and O–H groups in total. The molecule has 1 aromatic heterocycles. The maximum absolute atomic E-state index is 12.4. The Morgan fingerprint density at radius 2 is 2.25 bits per heavy atom. The summed E-state index contributed by atoms with van der Waals surface area (Å²) in [5, 5.41) is 0. The van der Waals surface area contributed by atoms with Crippen LogP contribution in [0, 0.1) is 0 Å². The lowest BCUT2D eigenvalue weighted by Crippen LogP contribution is -2.36. The molecule has 1 aliphatic carbocycles. The molecule has 2 aliphatic rings. The molecule has 0 saturated carbocycles. The summed E-state index contributed by atoms with van der Waals surface area (Å²) < 4.78 is 6.65. The van der Waals surface area contributed by atoms with Crippen molar-refractivity contribution in [2.24, 2.45) is 0 Å². The van der Waals surface area contributed by atoms with E-state index in [9.17, 15) is 4.79 Å². The summed E-state index contributed by atoms with van der Waals surface area (Å²) in [5.41, 5.74) is 0.610. The van der Waals surface area contributed by atoms with Crippen LogP contribution in [-0.4, -0.2) is 33.1 Å². The Kier molecular flexibility index (Phi) is 4.85. The quantitative estimate of drug-likeness (QED) is 0.784. The first-order valence-corrected chi connectivity index (χ1v) is 9.21. The number of ether oxygens (including phenoxy) is 1. The molecule has 2 heterocycles. The number of likely N-dealkylation sites (tertiary alicyclic amines) is 1. The van der Waals surface area contributed by atoms with Crippen molar-refractivity contribution in [3.63, 3.8) is 0 Å². The van der Waals surface area contributed by atoms with Gasteiger partial charge >= 0.3 is 6.09 Å². The van der Waals surface area contributed by atoms with Gasteiger partial charge in [-0.3, -0.25) is 4.90 Å². The number of hydrogen-bond donors (Lipinski definition) is 1. The molecule has 5 nitrogen and oxygen atoms in total. The van der Waals surface area contributed by atoms with Crippen molar-refractivity contribution in [2.75, 3.05) is 6.54 Å². The first-order chi connectivity index (χ1) is 11.3. The smallest absolute Gasteiger partial charge is 0.410 e. The average Bonchev–Trinajstić information content (AvgIpc) is 3.15.